The maximum Gasteiger partial charge on any atom is 0.265 e. The number of hydrogen-bond donors (Lipinski definition) is 2. The predicted octanol–water partition coefficient (Wildman–Crippen LogP) is 0.0893. The zero-order valence-electron chi connectivity index (χ0n) is 9.69. The lowest BCUT2D eigenvalue weighted by atomic mass is 9.93. The lowest BCUT2D eigenvalue weighted by Gasteiger charge is -2.26. The summed E-state index contributed by atoms with van der Waals surface area (Å²) in [7, 11) is 0. The molecule has 0 saturated heterocycles. The van der Waals surface area contributed by atoms with Crippen LogP contribution >= 0.6 is 0 Å². The van der Waals surface area contributed by atoms with Crippen LogP contribution in [-0.2, 0) is 6.54 Å². The summed E-state index contributed by atoms with van der Waals surface area (Å²) in [6.07, 6.45) is 3.67. The van der Waals surface area contributed by atoms with Gasteiger partial charge in [-0.3, -0.25) is 9.59 Å². The molecule has 5 heteroatoms. The van der Waals surface area contributed by atoms with Gasteiger partial charge in [-0.1, -0.05) is 12.5 Å². The highest BCUT2D eigenvalue weighted by atomic mass is 16.2. The first-order chi connectivity index (χ1) is 8.18. The smallest absolute Gasteiger partial charge is 0.265 e. The first-order valence-electron chi connectivity index (χ1n) is 5.91. The van der Waals surface area contributed by atoms with Crippen molar-refractivity contribution >= 4 is 5.91 Å². The molecule has 0 aromatic carbocycles. The summed E-state index contributed by atoms with van der Waals surface area (Å²) in [6, 6.07) is 5.15. The number of nitrogens with zero attached hydrogens (tertiary/aromatic N) is 1. The molecule has 3 N–H and O–H groups in total. The molecule has 1 saturated carbocycles. The van der Waals surface area contributed by atoms with Crippen molar-refractivity contribution in [2.75, 3.05) is 6.54 Å². The van der Waals surface area contributed by atoms with Gasteiger partial charge in [-0.25, -0.2) is 0 Å². The van der Waals surface area contributed by atoms with Crippen LogP contribution in [-0.4, -0.2) is 23.1 Å². The van der Waals surface area contributed by atoms with E-state index in [1.165, 1.54) is 29.9 Å². The molecule has 0 aliphatic heterocycles. The second kappa shape index (κ2) is 5.14. The van der Waals surface area contributed by atoms with E-state index >= 15 is 0 Å². The first-order valence-corrected chi connectivity index (χ1v) is 5.91. The van der Waals surface area contributed by atoms with Crippen LogP contribution in [0.25, 0.3) is 0 Å². The molecule has 1 aromatic rings. The van der Waals surface area contributed by atoms with Crippen molar-refractivity contribution in [1.82, 2.24) is 9.88 Å². The minimum absolute atomic E-state index is 0.184. The number of aromatic nitrogens is 1. The molecule has 92 valence electrons. The van der Waals surface area contributed by atoms with Crippen LogP contribution in [0.1, 0.15) is 29.8 Å². The van der Waals surface area contributed by atoms with Gasteiger partial charge in [0, 0.05) is 25.2 Å². The quantitative estimate of drug-likeness (QED) is 0.759. The molecule has 1 aliphatic rings. The molecule has 5 nitrogen and oxygen atoms in total. The van der Waals surface area contributed by atoms with Gasteiger partial charge in [0.2, 0.25) is 0 Å². The van der Waals surface area contributed by atoms with Crippen LogP contribution in [0.3, 0.4) is 0 Å². The molecule has 2 rings (SSSR count). The number of carbonyl (C=O) groups excluding carboxylic acids is 1. The highest BCUT2D eigenvalue weighted by Gasteiger charge is 2.16. The van der Waals surface area contributed by atoms with Gasteiger partial charge in [0.1, 0.15) is 5.69 Å². The predicted molar refractivity (Wildman–Crippen MR) is 64.9 cm³/mol. The summed E-state index contributed by atoms with van der Waals surface area (Å²) in [5.41, 5.74) is 5.32. The number of primary amides is 1. The Balaban J connectivity index is 2.02. The molecule has 17 heavy (non-hydrogen) atoms. The molecular weight excluding hydrogens is 218 g/mol. The fourth-order valence-electron chi connectivity index (χ4n) is 1.96. The topological polar surface area (TPSA) is 77.1 Å². The van der Waals surface area contributed by atoms with Crippen molar-refractivity contribution in [2.45, 2.75) is 31.8 Å². The van der Waals surface area contributed by atoms with Gasteiger partial charge in [0.05, 0.1) is 0 Å². The summed E-state index contributed by atoms with van der Waals surface area (Å²) in [5.74, 6) is -0.564. The molecule has 1 heterocycles. The zero-order chi connectivity index (χ0) is 12.3. The van der Waals surface area contributed by atoms with Crippen molar-refractivity contribution in [3.05, 3.63) is 34.2 Å². The normalized spacial score (nSPS) is 15.5. The van der Waals surface area contributed by atoms with Gasteiger partial charge in [0.15, 0.2) is 0 Å². The Labute approximate surface area is 99.6 Å². The molecule has 1 amide bonds. The van der Waals surface area contributed by atoms with Gasteiger partial charge in [-0.15, -0.1) is 0 Å². The molecule has 0 bridgehead atoms. The Bertz CT molecular complexity index is 463. The lowest BCUT2D eigenvalue weighted by molar-refractivity contribution is 0.0990. The van der Waals surface area contributed by atoms with Gasteiger partial charge in [-0.2, -0.15) is 0 Å². The Kier molecular flexibility index (Phi) is 3.58. The van der Waals surface area contributed by atoms with Crippen molar-refractivity contribution in [3.63, 3.8) is 0 Å². The second-order valence-corrected chi connectivity index (χ2v) is 4.35. The van der Waals surface area contributed by atoms with E-state index in [-0.39, 0.29) is 11.3 Å². The lowest BCUT2D eigenvalue weighted by Crippen LogP contribution is -2.39. The summed E-state index contributed by atoms with van der Waals surface area (Å²) in [5, 5.41) is 3.35. The van der Waals surface area contributed by atoms with Crippen LogP contribution in [0, 0.1) is 0 Å². The third-order valence-corrected chi connectivity index (χ3v) is 3.18. The minimum Gasteiger partial charge on any atom is -0.364 e. The van der Waals surface area contributed by atoms with Gasteiger partial charge in [-0.05, 0) is 18.9 Å². The van der Waals surface area contributed by atoms with Crippen LogP contribution < -0.4 is 16.6 Å². The summed E-state index contributed by atoms with van der Waals surface area (Å²) in [6.45, 7) is 1.17. The minimum atomic E-state index is -0.564. The number of pyridine rings is 1. The number of amides is 1. The van der Waals surface area contributed by atoms with Crippen molar-refractivity contribution in [1.29, 1.82) is 0 Å². The zero-order valence-corrected chi connectivity index (χ0v) is 9.69. The molecule has 1 fully saturated rings. The van der Waals surface area contributed by atoms with Crippen LogP contribution in [0.15, 0.2) is 23.0 Å². The average molecular weight is 235 g/mol. The van der Waals surface area contributed by atoms with E-state index < -0.39 is 5.91 Å². The van der Waals surface area contributed by atoms with E-state index in [2.05, 4.69) is 5.32 Å². The maximum absolute atomic E-state index is 11.6. The number of nitrogens with two attached hydrogens (primary N) is 1. The number of nitrogens with one attached hydrogen (secondary N) is 1. The molecule has 0 atom stereocenters. The summed E-state index contributed by atoms with van der Waals surface area (Å²) < 4.78 is 1.42. The van der Waals surface area contributed by atoms with E-state index in [4.69, 9.17) is 5.73 Å². The van der Waals surface area contributed by atoms with Crippen molar-refractivity contribution in [3.8, 4) is 0 Å². The number of hydrogen-bond acceptors (Lipinski definition) is 3. The largest absolute Gasteiger partial charge is 0.364 e. The van der Waals surface area contributed by atoms with E-state index in [1.807, 2.05) is 0 Å². The average Bonchev–Trinajstić information content (AvgIpc) is 2.23. The molecule has 1 aromatic heterocycles. The fourth-order valence-corrected chi connectivity index (χ4v) is 1.96. The number of carbonyl (C=O) groups is 1. The van der Waals surface area contributed by atoms with E-state index in [0.717, 1.165) is 0 Å². The molecule has 0 radical (unpaired) electrons. The number of rotatable bonds is 5. The molecule has 0 unspecified atom stereocenters. The maximum atomic E-state index is 11.6. The Morgan fingerprint density at radius 3 is 2.82 bits per heavy atom. The Morgan fingerprint density at radius 1 is 1.47 bits per heavy atom. The van der Waals surface area contributed by atoms with Gasteiger partial charge >= 0.3 is 0 Å². The summed E-state index contributed by atoms with van der Waals surface area (Å²) >= 11 is 0. The highest BCUT2D eigenvalue weighted by molar-refractivity contribution is 5.90. The third kappa shape index (κ3) is 2.74. The second-order valence-electron chi connectivity index (χ2n) is 4.35. The van der Waals surface area contributed by atoms with Gasteiger partial charge in [0.25, 0.3) is 11.5 Å². The molecule has 1 aliphatic carbocycles. The van der Waals surface area contributed by atoms with Crippen LogP contribution in [0.5, 0.6) is 0 Å². The van der Waals surface area contributed by atoms with E-state index in [1.54, 1.807) is 12.1 Å². The van der Waals surface area contributed by atoms with Crippen LogP contribution in [0.4, 0.5) is 0 Å². The van der Waals surface area contributed by atoms with E-state index in [9.17, 15) is 9.59 Å². The van der Waals surface area contributed by atoms with Crippen molar-refractivity contribution < 1.29 is 4.79 Å². The SMILES string of the molecule is NC(=O)c1cccc(=O)n1CCNC1CCC1. The molecule has 0 spiro atoms. The fraction of sp³-hybridized carbons (Fsp3) is 0.500. The summed E-state index contributed by atoms with van der Waals surface area (Å²) in [4.78, 5) is 22.8. The Hall–Kier alpha value is -1.62. The highest BCUT2D eigenvalue weighted by Crippen LogP contribution is 2.17. The first kappa shape index (κ1) is 11.9. The monoisotopic (exact) mass is 235 g/mol. The van der Waals surface area contributed by atoms with Crippen LogP contribution in [0.2, 0.25) is 0 Å². The molecular formula is C12H17N3O2. The van der Waals surface area contributed by atoms with Gasteiger partial charge < -0.3 is 15.6 Å². The third-order valence-electron chi connectivity index (χ3n) is 3.18. The van der Waals surface area contributed by atoms with Crippen molar-refractivity contribution in [2.24, 2.45) is 5.73 Å². The van der Waals surface area contributed by atoms with E-state index in [0.29, 0.717) is 19.1 Å². The Morgan fingerprint density at radius 2 is 2.24 bits per heavy atom. The standard InChI is InChI=1S/C12H17N3O2/c13-12(17)10-5-2-6-11(16)15(10)8-7-14-9-3-1-4-9/h2,5-6,9,14H,1,3-4,7-8H2,(H2,13,17).